The summed E-state index contributed by atoms with van der Waals surface area (Å²) < 4.78 is 29.3. The van der Waals surface area contributed by atoms with Gasteiger partial charge in [0, 0.05) is 25.8 Å². The van der Waals surface area contributed by atoms with E-state index in [1.54, 1.807) is 20.3 Å². The van der Waals surface area contributed by atoms with Crippen LogP contribution in [0.3, 0.4) is 0 Å². The fourth-order valence-corrected chi connectivity index (χ4v) is 2.53. The number of rotatable bonds is 10. The number of hydrogen-bond donors (Lipinski definition) is 1. The molecule has 1 N–H and O–H groups in total. The molecule has 0 bridgehead atoms. The van der Waals surface area contributed by atoms with E-state index in [9.17, 15) is 4.39 Å². The molecule has 144 valence electrons. The molecule has 0 heterocycles. The van der Waals surface area contributed by atoms with Gasteiger partial charge in [-0.3, -0.25) is 0 Å². The Balaban J connectivity index is 0.00000338. The van der Waals surface area contributed by atoms with Crippen molar-refractivity contribution >= 4 is 24.0 Å². The van der Waals surface area contributed by atoms with Gasteiger partial charge in [0.1, 0.15) is 12.4 Å². The van der Waals surface area contributed by atoms with Crippen molar-refractivity contribution in [3.8, 4) is 11.5 Å². The number of nitrogens with one attached hydrogen (secondary N) is 1. The second-order valence-electron chi connectivity index (χ2n) is 5.53. The second kappa shape index (κ2) is 12.0. The van der Waals surface area contributed by atoms with Crippen molar-refractivity contribution in [1.82, 2.24) is 5.32 Å². The summed E-state index contributed by atoms with van der Waals surface area (Å²) in [5.74, 6) is 0.897. The van der Waals surface area contributed by atoms with Crippen LogP contribution in [0.2, 0.25) is 5.02 Å². The topological polar surface area (TPSA) is 39.7 Å². The zero-order chi connectivity index (χ0) is 18.1. The van der Waals surface area contributed by atoms with E-state index in [4.69, 9.17) is 25.8 Å². The first-order chi connectivity index (χ1) is 12.1. The smallest absolute Gasteiger partial charge is 0.161 e. The summed E-state index contributed by atoms with van der Waals surface area (Å²) in [6, 6.07) is 10.0. The van der Waals surface area contributed by atoms with Crippen LogP contribution in [-0.4, -0.2) is 27.4 Å². The summed E-state index contributed by atoms with van der Waals surface area (Å²) in [6.45, 7) is 2.61. The molecule has 0 amide bonds. The molecular formula is C19H24Cl2FNO3. The van der Waals surface area contributed by atoms with Gasteiger partial charge in [-0.15, -0.1) is 12.4 Å². The molecule has 0 aromatic heterocycles. The number of halogens is 3. The van der Waals surface area contributed by atoms with Crippen LogP contribution < -0.4 is 14.8 Å². The van der Waals surface area contributed by atoms with Crippen molar-refractivity contribution in [3.05, 3.63) is 58.4 Å². The molecule has 7 heteroatoms. The van der Waals surface area contributed by atoms with Gasteiger partial charge in [-0.2, -0.15) is 0 Å². The number of ether oxygens (including phenoxy) is 3. The zero-order valence-corrected chi connectivity index (χ0v) is 16.5. The quantitative estimate of drug-likeness (QED) is 0.587. The van der Waals surface area contributed by atoms with Gasteiger partial charge < -0.3 is 19.5 Å². The summed E-state index contributed by atoms with van der Waals surface area (Å²) in [7, 11) is 3.30. The SMILES string of the molecule is COCCCNCc1ccc(OCc2ccc(F)cc2Cl)c(OC)c1.Cl. The lowest BCUT2D eigenvalue weighted by molar-refractivity contribution is 0.194. The second-order valence-corrected chi connectivity index (χ2v) is 5.94. The molecule has 4 nitrogen and oxygen atoms in total. The molecule has 2 aromatic rings. The lowest BCUT2D eigenvalue weighted by Crippen LogP contribution is -2.16. The van der Waals surface area contributed by atoms with E-state index in [-0.39, 0.29) is 24.8 Å². The van der Waals surface area contributed by atoms with Gasteiger partial charge in [-0.05, 0) is 42.8 Å². The Morgan fingerprint density at radius 1 is 1.08 bits per heavy atom. The highest BCUT2D eigenvalue weighted by molar-refractivity contribution is 6.31. The van der Waals surface area contributed by atoms with Crippen LogP contribution >= 0.6 is 24.0 Å². The van der Waals surface area contributed by atoms with Crippen LogP contribution in [0, 0.1) is 5.82 Å². The first kappa shape index (κ1) is 22.5. The average Bonchev–Trinajstić information content (AvgIpc) is 2.61. The Kier molecular flexibility index (Phi) is 10.4. The van der Waals surface area contributed by atoms with E-state index in [0.717, 1.165) is 31.7 Å². The number of methoxy groups -OCH3 is 2. The molecule has 0 saturated carbocycles. The van der Waals surface area contributed by atoms with Crippen molar-refractivity contribution in [2.24, 2.45) is 0 Å². The number of benzene rings is 2. The van der Waals surface area contributed by atoms with Gasteiger partial charge in [-0.1, -0.05) is 23.7 Å². The van der Waals surface area contributed by atoms with E-state index in [1.807, 2.05) is 18.2 Å². The summed E-state index contributed by atoms with van der Waals surface area (Å²) >= 11 is 6.02. The monoisotopic (exact) mass is 403 g/mol. The van der Waals surface area contributed by atoms with Gasteiger partial charge in [0.05, 0.1) is 12.1 Å². The first-order valence-electron chi connectivity index (χ1n) is 8.07. The Bertz CT molecular complexity index is 686. The Hall–Kier alpha value is -1.53. The maximum atomic E-state index is 13.1. The maximum absolute atomic E-state index is 13.1. The van der Waals surface area contributed by atoms with Crippen molar-refractivity contribution in [2.75, 3.05) is 27.4 Å². The predicted octanol–water partition coefficient (Wildman–Crippen LogP) is 4.61. The highest BCUT2D eigenvalue weighted by Crippen LogP contribution is 2.29. The molecule has 0 radical (unpaired) electrons. The van der Waals surface area contributed by atoms with Crippen molar-refractivity contribution in [2.45, 2.75) is 19.6 Å². The lowest BCUT2D eigenvalue weighted by atomic mass is 10.2. The van der Waals surface area contributed by atoms with E-state index in [0.29, 0.717) is 22.1 Å². The van der Waals surface area contributed by atoms with Crippen LogP contribution in [0.25, 0.3) is 0 Å². The molecule has 2 aromatic carbocycles. The maximum Gasteiger partial charge on any atom is 0.161 e. The highest BCUT2D eigenvalue weighted by atomic mass is 35.5. The van der Waals surface area contributed by atoms with Gasteiger partial charge in [-0.25, -0.2) is 4.39 Å². The van der Waals surface area contributed by atoms with Crippen LogP contribution in [0.15, 0.2) is 36.4 Å². The van der Waals surface area contributed by atoms with E-state index in [1.165, 1.54) is 12.1 Å². The third-order valence-electron chi connectivity index (χ3n) is 3.66. The van der Waals surface area contributed by atoms with Gasteiger partial charge in [0.25, 0.3) is 0 Å². The molecule has 0 fully saturated rings. The van der Waals surface area contributed by atoms with Gasteiger partial charge >= 0.3 is 0 Å². The van der Waals surface area contributed by atoms with Crippen molar-refractivity contribution in [3.63, 3.8) is 0 Å². The highest BCUT2D eigenvalue weighted by Gasteiger charge is 2.08. The summed E-state index contributed by atoms with van der Waals surface area (Å²) in [6.07, 6.45) is 0.966. The molecule has 0 atom stereocenters. The normalized spacial score (nSPS) is 10.3. The minimum atomic E-state index is -0.367. The Labute approximate surface area is 165 Å². The third-order valence-corrected chi connectivity index (χ3v) is 4.01. The molecule has 0 saturated heterocycles. The summed E-state index contributed by atoms with van der Waals surface area (Å²) in [5.41, 5.74) is 1.82. The average molecular weight is 404 g/mol. The molecule has 26 heavy (non-hydrogen) atoms. The zero-order valence-electron chi connectivity index (χ0n) is 14.9. The molecule has 0 spiro atoms. The van der Waals surface area contributed by atoms with Gasteiger partial charge in [0.15, 0.2) is 11.5 Å². The van der Waals surface area contributed by atoms with Gasteiger partial charge in [0.2, 0.25) is 0 Å². The predicted molar refractivity (Wildman–Crippen MR) is 104 cm³/mol. The standard InChI is InChI=1S/C19H23ClFNO3.ClH/c1-23-9-3-8-22-12-14-4-7-18(19(10-14)24-2)25-13-15-5-6-16(21)11-17(15)20;/h4-7,10-11,22H,3,8-9,12-13H2,1-2H3;1H. The minimum absolute atomic E-state index is 0. The lowest BCUT2D eigenvalue weighted by Gasteiger charge is -2.13. The first-order valence-corrected chi connectivity index (χ1v) is 8.45. The minimum Gasteiger partial charge on any atom is -0.493 e. The molecule has 0 aliphatic carbocycles. The van der Waals surface area contributed by atoms with Crippen LogP contribution in [0.4, 0.5) is 4.39 Å². The molecule has 0 aliphatic heterocycles. The summed E-state index contributed by atoms with van der Waals surface area (Å²) in [4.78, 5) is 0. The molecule has 0 unspecified atom stereocenters. The van der Waals surface area contributed by atoms with E-state index < -0.39 is 0 Å². The molecular weight excluding hydrogens is 380 g/mol. The Morgan fingerprint density at radius 2 is 1.88 bits per heavy atom. The summed E-state index contributed by atoms with van der Waals surface area (Å²) in [5, 5.41) is 3.69. The van der Waals surface area contributed by atoms with E-state index >= 15 is 0 Å². The van der Waals surface area contributed by atoms with Crippen molar-refractivity contribution in [1.29, 1.82) is 0 Å². The van der Waals surface area contributed by atoms with Crippen LogP contribution in [-0.2, 0) is 17.9 Å². The molecule has 2 rings (SSSR count). The van der Waals surface area contributed by atoms with Crippen LogP contribution in [0.1, 0.15) is 17.5 Å². The fourth-order valence-electron chi connectivity index (χ4n) is 2.31. The van der Waals surface area contributed by atoms with Crippen LogP contribution in [0.5, 0.6) is 11.5 Å². The Morgan fingerprint density at radius 3 is 2.58 bits per heavy atom. The van der Waals surface area contributed by atoms with Crippen molar-refractivity contribution < 1.29 is 18.6 Å². The van der Waals surface area contributed by atoms with E-state index in [2.05, 4.69) is 5.32 Å². The molecule has 0 aliphatic rings. The third kappa shape index (κ3) is 7.00. The number of hydrogen-bond acceptors (Lipinski definition) is 4. The largest absolute Gasteiger partial charge is 0.493 e. The fraction of sp³-hybridized carbons (Fsp3) is 0.368.